The van der Waals surface area contributed by atoms with Crippen LogP contribution in [0.25, 0.3) is 6.08 Å². The summed E-state index contributed by atoms with van der Waals surface area (Å²) in [5, 5.41) is 25.9. The molecule has 0 aromatic heterocycles. The molecule has 314 valence electrons. The Morgan fingerprint density at radius 2 is 1.53 bits per heavy atom. The molecule has 1 saturated heterocycles. The van der Waals surface area contributed by atoms with Gasteiger partial charge in [0.1, 0.15) is 30.0 Å². The molecular formula is C45H53N3O11. The Bertz CT molecular complexity index is 1990. The second-order valence-electron chi connectivity index (χ2n) is 15.7. The van der Waals surface area contributed by atoms with Crippen molar-refractivity contribution in [2.24, 2.45) is 0 Å². The van der Waals surface area contributed by atoms with Crippen molar-refractivity contribution < 1.29 is 53.1 Å². The molecule has 1 fully saturated rings. The fourth-order valence-corrected chi connectivity index (χ4v) is 6.75. The van der Waals surface area contributed by atoms with Crippen LogP contribution in [0.1, 0.15) is 74.0 Å². The first-order valence-electron chi connectivity index (χ1n) is 19.5. The molecule has 3 aromatic carbocycles. The summed E-state index contributed by atoms with van der Waals surface area (Å²) >= 11 is 0. The Kier molecular flexibility index (Phi) is 14.6. The molecule has 4 N–H and O–H groups in total. The van der Waals surface area contributed by atoms with Gasteiger partial charge in [0.05, 0.1) is 24.3 Å². The molecule has 0 bridgehead atoms. The van der Waals surface area contributed by atoms with Crippen molar-refractivity contribution in [3.8, 4) is 0 Å². The van der Waals surface area contributed by atoms with Crippen LogP contribution in [0.5, 0.6) is 0 Å². The lowest BCUT2D eigenvalue weighted by molar-refractivity contribution is -0.157. The molecule has 3 amide bonds. The SMILES string of the molecule is CC(O)C(NC(=O)C1=CC2OC(c3ccccc3)(c3ccccc3)OC2C(OC(=O)c2ccccc2C=CC(=O)N(C)C)C1)C(=O)NC(CO)CCC(=O)OC(C)(C)C. The first-order valence-corrected chi connectivity index (χ1v) is 19.5. The van der Waals surface area contributed by atoms with Crippen LogP contribution >= 0.6 is 0 Å². The fraction of sp³-hybridized carbons (Fsp3) is 0.400. The number of fused-ring (bicyclic) bond motifs is 1. The molecule has 59 heavy (non-hydrogen) atoms. The van der Waals surface area contributed by atoms with E-state index in [9.17, 15) is 34.2 Å². The minimum atomic E-state index is -1.48. The van der Waals surface area contributed by atoms with Gasteiger partial charge < -0.3 is 44.7 Å². The van der Waals surface area contributed by atoms with Gasteiger partial charge in [0.2, 0.25) is 23.5 Å². The molecule has 1 aliphatic heterocycles. The number of nitrogens with zero attached hydrogens (tertiary/aromatic N) is 1. The maximum absolute atomic E-state index is 14.1. The molecule has 0 radical (unpaired) electrons. The Morgan fingerprint density at radius 3 is 2.10 bits per heavy atom. The van der Waals surface area contributed by atoms with E-state index in [1.54, 1.807) is 65.2 Å². The summed E-state index contributed by atoms with van der Waals surface area (Å²) in [5.41, 5.74) is 1.29. The van der Waals surface area contributed by atoms with Crippen LogP contribution in [0.4, 0.5) is 0 Å². The number of aliphatic hydroxyl groups is 2. The number of amides is 3. The second-order valence-corrected chi connectivity index (χ2v) is 15.7. The summed E-state index contributed by atoms with van der Waals surface area (Å²) in [5.74, 6) is -4.54. The second kappa shape index (κ2) is 19.4. The van der Waals surface area contributed by atoms with Crippen LogP contribution < -0.4 is 10.6 Å². The van der Waals surface area contributed by atoms with Crippen molar-refractivity contribution in [1.82, 2.24) is 15.5 Å². The first-order chi connectivity index (χ1) is 28.0. The minimum absolute atomic E-state index is 0.0473. The largest absolute Gasteiger partial charge is 0.460 e. The van der Waals surface area contributed by atoms with Gasteiger partial charge in [-0.15, -0.1) is 0 Å². The first kappa shape index (κ1) is 44.4. The van der Waals surface area contributed by atoms with E-state index in [1.807, 2.05) is 60.7 Å². The number of hydrogen-bond acceptors (Lipinski definition) is 11. The molecule has 6 atom stereocenters. The highest BCUT2D eigenvalue weighted by molar-refractivity contribution is 5.99. The summed E-state index contributed by atoms with van der Waals surface area (Å²) in [7, 11) is 3.22. The van der Waals surface area contributed by atoms with Crippen molar-refractivity contribution in [3.63, 3.8) is 0 Å². The highest BCUT2D eigenvalue weighted by Crippen LogP contribution is 2.47. The van der Waals surface area contributed by atoms with Gasteiger partial charge >= 0.3 is 11.9 Å². The summed E-state index contributed by atoms with van der Waals surface area (Å²) in [6.07, 6.45) is -0.118. The Labute approximate surface area is 344 Å². The molecule has 0 saturated carbocycles. The molecule has 1 heterocycles. The zero-order chi connectivity index (χ0) is 42.9. The van der Waals surface area contributed by atoms with Crippen LogP contribution in [-0.4, -0.2) is 108 Å². The van der Waals surface area contributed by atoms with Crippen molar-refractivity contribution in [1.29, 1.82) is 0 Å². The number of ether oxygens (including phenoxy) is 4. The molecule has 3 aromatic rings. The number of carbonyl (C=O) groups excluding carboxylic acids is 5. The summed E-state index contributed by atoms with van der Waals surface area (Å²) in [6.45, 7) is 6.00. The monoisotopic (exact) mass is 811 g/mol. The summed E-state index contributed by atoms with van der Waals surface area (Å²) in [4.78, 5) is 67.6. The van der Waals surface area contributed by atoms with Crippen LogP contribution in [0.3, 0.4) is 0 Å². The normalized spacial score (nSPS) is 20.0. The van der Waals surface area contributed by atoms with E-state index in [4.69, 9.17) is 18.9 Å². The van der Waals surface area contributed by atoms with Crippen molar-refractivity contribution in [2.45, 2.75) is 94.8 Å². The standard InChI is InChI=1S/C45H53N3O11/c1-28(50)39(42(54)46-33(27-49)22-24-38(52)58-44(2,3)4)47-41(53)30-25-35(56-43(55)34-20-14-13-15-29(34)21-23-37(51)48(5)6)40-36(26-30)57-45(59-40,31-16-9-7-10-17-31)32-18-11-8-12-19-32/h7-21,23,26,28,33,35-36,39-40,49-50H,22,24-25,27H2,1-6H3,(H,46,54)(H,47,53). The lowest BCUT2D eigenvalue weighted by atomic mass is 9.91. The van der Waals surface area contributed by atoms with Gasteiger partial charge in [-0.3, -0.25) is 19.2 Å². The Hall–Kier alpha value is -5.67. The number of likely N-dealkylation sites (N-methyl/N-ethyl adjacent to an activating group) is 1. The van der Waals surface area contributed by atoms with Gasteiger partial charge in [-0.05, 0) is 57.9 Å². The zero-order valence-corrected chi connectivity index (χ0v) is 34.1. The van der Waals surface area contributed by atoms with Crippen LogP contribution in [0.2, 0.25) is 0 Å². The van der Waals surface area contributed by atoms with Crippen molar-refractivity contribution in [3.05, 3.63) is 125 Å². The zero-order valence-electron chi connectivity index (χ0n) is 34.1. The highest BCUT2D eigenvalue weighted by atomic mass is 16.8. The number of benzene rings is 3. The quantitative estimate of drug-likeness (QED) is 0.129. The summed E-state index contributed by atoms with van der Waals surface area (Å²) < 4.78 is 25.1. The van der Waals surface area contributed by atoms with E-state index in [2.05, 4.69) is 10.6 Å². The number of rotatable bonds is 15. The maximum atomic E-state index is 14.1. The third-order valence-electron chi connectivity index (χ3n) is 9.70. The molecule has 5 rings (SSSR count). The van der Waals surface area contributed by atoms with Gasteiger partial charge in [-0.25, -0.2) is 4.79 Å². The predicted octanol–water partition coefficient (Wildman–Crippen LogP) is 3.79. The lowest BCUT2D eigenvalue weighted by Crippen LogP contribution is -2.55. The van der Waals surface area contributed by atoms with Gasteiger partial charge in [0.15, 0.2) is 0 Å². The minimum Gasteiger partial charge on any atom is -0.460 e. The number of esters is 2. The van der Waals surface area contributed by atoms with Crippen molar-refractivity contribution >= 4 is 35.7 Å². The average molecular weight is 812 g/mol. The van der Waals surface area contributed by atoms with Crippen LogP contribution in [0, 0.1) is 0 Å². The van der Waals surface area contributed by atoms with Gasteiger partial charge in [0, 0.05) is 49.7 Å². The number of nitrogens with one attached hydrogen (secondary N) is 2. The maximum Gasteiger partial charge on any atom is 0.339 e. The molecule has 1 aliphatic carbocycles. The van der Waals surface area contributed by atoms with Crippen LogP contribution in [-0.2, 0) is 43.9 Å². The molecule has 14 heteroatoms. The fourth-order valence-electron chi connectivity index (χ4n) is 6.75. The third-order valence-corrected chi connectivity index (χ3v) is 9.70. The van der Waals surface area contributed by atoms with E-state index < -0.39 is 78.2 Å². The predicted molar refractivity (Wildman–Crippen MR) is 217 cm³/mol. The van der Waals surface area contributed by atoms with Gasteiger partial charge in [0.25, 0.3) is 0 Å². The molecular weight excluding hydrogens is 759 g/mol. The van der Waals surface area contributed by atoms with E-state index in [0.29, 0.717) is 16.7 Å². The molecule has 2 aliphatic rings. The van der Waals surface area contributed by atoms with E-state index in [-0.39, 0.29) is 36.3 Å². The average Bonchev–Trinajstić information content (AvgIpc) is 3.61. The number of aliphatic hydroxyl groups excluding tert-OH is 2. The van der Waals surface area contributed by atoms with Crippen LogP contribution in [0.15, 0.2) is 103 Å². The number of hydrogen-bond donors (Lipinski definition) is 4. The number of carbonyl (C=O) groups is 5. The summed E-state index contributed by atoms with van der Waals surface area (Å²) in [6, 6.07) is 22.7. The van der Waals surface area contributed by atoms with Gasteiger partial charge in [-0.2, -0.15) is 0 Å². The smallest absolute Gasteiger partial charge is 0.339 e. The van der Waals surface area contributed by atoms with Crippen molar-refractivity contribution in [2.75, 3.05) is 20.7 Å². The Morgan fingerprint density at radius 1 is 0.915 bits per heavy atom. The molecule has 0 spiro atoms. The Balaban J connectivity index is 1.44. The van der Waals surface area contributed by atoms with E-state index in [0.717, 1.165) is 0 Å². The van der Waals surface area contributed by atoms with E-state index >= 15 is 0 Å². The molecule has 14 nitrogen and oxygen atoms in total. The van der Waals surface area contributed by atoms with E-state index in [1.165, 1.54) is 24.0 Å². The highest BCUT2D eigenvalue weighted by Gasteiger charge is 2.55. The lowest BCUT2D eigenvalue weighted by Gasteiger charge is -2.32. The molecule has 6 unspecified atom stereocenters. The topological polar surface area (TPSA) is 190 Å². The third kappa shape index (κ3) is 11.3. The van der Waals surface area contributed by atoms with Gasteiger partial charge in [-0.1, -0.05) is 78.9 Å².